The molecule has 1 unspecified atom stereocenters. The summed E-state index contributed by atoms with van der Waals surface area (Å²) < 4.78 is 0. The maximum atomic E-state index is 11.1. The van der Waals surface area contributed by atoms with Crippen molar-refractivity contribution in [3.8, 4) is 0 Å². The largest absolute Gasteiger partial charge is 0.480 e. The molecule has 0 heterocycles. The van der Waals surface area contributed by atoms with Crippen molar-refractivity contribution in [2.75, 3.05) is 39.8 Å². The minimum absolute atomic E-state index is 0.132. The van der Waals surface area contributed by atoms with Crippen LogP contribution in [0.1, 0.15) is 18.4 Å². The first-order chi connectivity index (χ1) is 12.0. The highest BCUT2D eigenvalue weighted by Crippen LogP contribution is 2.11. The zero-order chi connectivity index (χ0) is 18.5. The molecule has 7 heteroatoms. The van der Waals surface area contributed by atoms with Crippen LogP contribution in [-0.2, 0) is 16.0 Å². The summed E-state index contributed by atoms with van der Waals surface area (Å²) in [6, 6.07) is 9.95. The molecule has 140 valence electrons. The first kappa shape index (κ1) is 21.1. The highest BCUT2D eigenvalue weighted by Gasteiger charge is 2.22. The number of hydrogen-bond donors (Lipinski definition) is 4. The lowest BCUT2D eigenvalue weighted by Crippen LogP contribution is -2.47. The van der Waals surface area contributed by atoms with Crippen molar-refractivity contribution >= 4 is 11.9 Å². The molecule has 1 rings (SSSR count). The second-order valence-corrected chi connectivity index (χ2v) is 6.03. The molecule has 25 heavy (non-hydrogen) atoms. The van der Waals surface area contributed by atoms with Gasteiger partial charge in [0.25, 0.3) is 0 Å². The molecule has 1 aromatic carbocycles. The quantitative estimate of drug-likeness (QED) is 0.365. The van der Waals surface area contributed by atoms with Crippen LogP contribution in [0.2, 0.25) is 0 Å². The molecule has 7 nitrogen and oxygen atoms in total. The number of likely N-dealkylation sites (N-methyl/N-ethyl adjacent to an activating group) is 1. The first-order valence-corrected chi connectivity index (χ1v) is 8.59. The summed E-state index contributed by atoms with van der Waals surface area (Å²) in [7, 11) is 1.86. The zero-order valence-corrected chi connectivity index (χ0v) is 14.8. The Morgan fingerprint density at radius 3 is 2.28 bits per heavy atom. The van der Waals surface area contributed by atoms with Crippen molar-refractivity contribution in [2.45, 2.75) is 25.3 Å². The molecule has 0 aliphatic rings. The monoisotopic (exact) mass is 351 g/mol. The molecule has 0 spiro atoms. The maximum absolute atomic E-state index is 11.1. The van der Waals surface area contributed by atoms with Gasteiger partial charge in [0.05, 0.1) is 13.1 Å². The number of aliphatic carboxylic acids is 2. The van der Waals surface area contributed by atoms with Gasteiger partial charge in [-0.05, 0) is 31.9 Å². The Morgan fingerprint density at radius 1 is 1.08 bits per heavy atom. The lowest BCUT2D eigenvalue weighted by Gasteiger charge is -2.29. The molecule has 4 N–H and O–H groups in total. The minimum atomic E-state index is -1.01. The van der Waals surface area contributed by atoms with Crippen molar-refractivity contribution in [1.29, 1.82) is 0 Å². The number of rotatable bonds is 14. The molecule has 0 amide bonds. The van der Waals surface area contributed by atoms with E-state index >= 15 is 0 Å². The van der Waals surface area contributed by atoms with E-state index < -0.39 is 11.9 Å². The molecule has 0 radical (unpaired) electrons. The number of nitrogens with one attached hydrogen (secondary N) is 2. The molecule has 1 atom stereocenters. The summed E-state index contributed by atoms with van der Waals surface area (Å²) in [5.41, 5.74) is 1.23. The molecule has 0 aliphatic heterocycles. The fourth-order valence-electron chi connectivity index (χ4n) is 2.74. The number of carboxylic acid groups (broad SMARTS) is 2. The van der Waals surface area contributed by atoms with Crippen LogP contribution in [0.5, 0.6) is 0 Å². The van der Waals surface area contributed by atoms with E-state index in [2.05, 4.69) is 22.8 Å². The van der Waals surface area contributed by atoms with Crippen LogP contribution in [0.25, 0.3) is 0 Å². The van der Waals surface area contributed by atoms with E-state index in [9.17, 15) is 9.59 Å². The molecule has 0 saturated heterocycles. The second kappa shape index (κ2) is 12.4. The molecular formula is C18H29N3O4. The van der Waals surface area contributed by atoms with Crippen molar-refractivity contribution in [2.24, 2.45) is 0 Å². The Morgan fingerprint density at radius 2 is 1.72 bits per heavy atom. The predicted octanol–water partition coefficient (Wildman–Crippen LogP) is 0.658. The van der Waals surface area contributed by atoms with Gasteiger partial charge < -0.3 is 20.8 Å². The van der Waals surface area contributed by atoms with Gasteiger partial charge in [0, 0.05) is 25.7 Å². The fraction of sp³-hybridized carbons (Fsp3) is 0.556. The Bertz CT molecular complexity index is 494. The van der Waals surface area contributed by atoms with Crippen molar-refractivity contribution < 1.29 is 19.8 Å². The highest BCUT2D eigenvalue weighted by molar-refractivity contribution is 5.72. The molecule has 0 fully saturated rings. The Balaban J connectivity index is 2.63. The number of benzene rings is 1. The number of nitrogens with zero attached hydrogens (tertiary/aromatic N) is 1. The Kier molecular flexibility index (Phi) is 10.5. The van der Waals surface area contributed by atoms with E-state index in [0.717, 1.165) is 32.4 Å². The maximum Gasteiger partial charge on any atom is 0.317 e. The summed E-state index contributed by atoms with van der Waals surface area (Å²) in [4.78, 5) is 23.7. The van der Waals surface area contributed by atoms with Crippen molar-refractivity contribution in [3.63, 3.8) is 0 Å². The smallest absolute Gasteiger partial charge is 0.317 e. The third-order valence-electron chi connectivity index (χ3n) is 3.97. The Hall–Kier alpha value is -1.96. The third kappa shape index (κ3) is 9.81. The van der Waals surface area contributed by atoms with Crippen LogP contribution >= 0.6 is 0 Å². The average molecular weight is 351 g/mol. The highest BCUT2D eigenvalue weighted by atomic mass is 16.4. The summed E-state index contributed by atoms with van der Waals surface area (Å²) >= 11 is 0. The topological polar surface area (TPSA) is 102 Å². The van der Waals surface area contributed by atoms with Crippen molar-refractivity contribution in [3.05, 3.63) is 35.9 Å². The summed E-state index contributed by atoms with van der Waals surface area (Å²) in [5.74, 6) is -2.02. The number of carboxylic acids is 2. The van der Waals surface area contributed by atoms with Gasteiger partial charge in [0.1, 0.15) is 0 Å². The predicted molar refractivity (Wildman–Crippen MR) is 96.8 cm³/mol. The van der Waals surface area contributed by atoms with Gasteiger partial charge >= 0.3 is 11.9 Å². The molecule has 0 bridgehead atoms. The first-order valence-electron chi connectivity index (χ1n) is 8.59. The van der Waals surface area contributed by atoms with Gasteiger partial charge in [-0.25, -0.2) is 0 Å². The molecule has 0 saturated carbocycles. The van der Waals surface area contributed by atoms with Gasteiger partial charge in [-0.2, -0.15) is 0 Å². The van der Waals surface area contributed by atoms with Crippen LogP contribution in [0.15, 0.2) is 30.3 Å². The van der Waals surface area contributed by atoms with Crippen LogP contribution in [0.4, 0.5) is 0 Å². The Labute approximate surface area is 149 Å². The fourth-order valence-corrected chi connectivity index (χ4v) is 2.74. The molecule has 0 aliphatic carbocycles. The zero-order valence-electron chi connectivity index (χ0n) is 14.8. The third-order valence-corrected chi connectivity index (χ3v) is 3.97. The van der Waals surface area contributed by atoms with Crippen LogP contribution < -0.4 is 10.6 Å². The van der Waals surface area contributed by atoms with Crippen LogP contribution in [-0.4, -0.2) is 72.9 Å². The van der Waals surface area contributed by atoms with E-state index in [1.165, 1.54) is 10.5 Å². The van der Waals surface area contributed by atoms with E-state index in [-0.39, 0.29) is 19.1 Å². The van der Waals surface area contributed by atoms with Gasteiger partial charge in [-0.1, -0.05) is 30.3 Å². The van der Waals surface area contributed by atoms with Gasteiger partial charge in [-0.3, -0.25) is 14.5 Å². The number of hydrogen-bond acceptors (Lipinski definition) is 5. The number of aryl methyl sites for hydroxylation is 1. The van der Waals surface area contributed by atoms with E-state index in [0.29, 0.717) is 6.54 Å². The molecule has 0 aromatic heterocycles. The van der Waals surface area contributed by atoms with Crippen LogP contribution in [0, 0.1) is 0 Å². The summed E-state index contributed by atoms with van der Waals surface area (Å²) in [6.07, 6.45) is 2.50. The van der Waals surface area contributed by atoms with Gasteiger partial charge in [0.15, 0.2) is 0 Å². The summed E-state index contributed by atoms with van der Waals surface area (Å²) in [6.45, 7) is 1.58. The average Bonchev–Trinajstić information content (AvgIpc) is 2.56. The van der Waals surface area contributed by atoms with Crippen molar-refractivity contribution in [1.82, 2.24) is 15.5 Å². The van der Waals surface area contributed by atoms with Crippen LogP contribution in [0.3, 0.4) is 0 Å². The van der Waals surface area contributed by atoms with E-state index in [1.807, 2.05) is 25.2 Å². The van der Waals surface area contributed by atoms with Gasteiger partial charge in [-0.15, -0.1) is 0 Å². The normalized spacial score (nSPS) is 12.2. The lowest BCUT2D eigenvalue weighted by molar-refractivity contribution is -0.142. The molecule has 1 aromatic rings. The standard InChI is InChI=1S/C18H29N3O4/c1-19-10-11-20-12-16(21(13-17(22)23)14-18(24)25)9-5-8-15-6-3-2-4-7-15/h2-4,6-7,16,19-20H,5,8-14H2,1H3,(H,22,23)(H,24,25). The SMILES string of the molecule is CNCCNCC(CCCc1ccccc1)N(CC(=O)O)CC(=O)O. The minimum Gasteiger partial charge on any atom is -0.480 e. The van der Waals surface area contributed by atoms with Gasteiger partial charge in [0.2, 0.25) is 0 Å². The second-order valence-electron chi connectivity index (χ2n) is 6.03. The lowest BCUT2D eigenvalue weighted by atomic mass is 10.0. The summed E-state index contributed by atoms with van der Waals surface area (Å²) in [5, 5.41) is 24.5. The molecular weight excluding hydrogens is 322 g/mol. The van der Waals surface area contributed by atoms with E-state index in [1.54, 1.807) is 0 Å². The number of carbonyl (C=O) groups is 2. The van der Waals surface area contributed by atoms with E-state index in [4.69, 9.17) is 10.2 Å².